The number of likely N-dealkylation sites (tertiary alicyclic amines) is 2. The summed E-state index contributed by atoms with van der Waals surface area (Å²) in [5, 5.41) is 18.0. The van der Waals surface area contributed by atoms with Crippen molar-refractivity contribution in [2.45, 2.75) is 32.2 Å². The van der Waals surface area contributed by atoms with Crippen LogP contribution in [0.1, 0.15) is 26.2 Å². The smallest absolute Gasteiger partial charge is 0.320 e. The highest BCUT2D eigenvalue weighted by Crippen LogP contribution is 2.28. The molecule has 2 saturated heterocycles. The van der Waals surface area contributed by atoms with Crippen molar-refractivity contribution in [3.8, 4) is 0 Å². The van der Waals surface area contributed by atoms with Crippen LogP contribution in [0.5, 0.6) is 0 Å². The van der Waals surface area contributed by atoms with Gasteiger partial charge in [-0.3, -0.25) is 4.79 Å². The Morgan fingerprint density at radius 1 is 1.26 bits per heavy atom. The van der Waals surface area contributed by atoms with E-state index in [1.165, 1.54) is 0 Å². The molecule has 2 aliphatic heterocycles. The maximum Gasteiger partial charge on any atom is 0.320 e. The van der Waals surface area contributed by atoms with Gasteiger partial charge < -0.3 is 20.0 Å². The third-order valence-electron chi connectivity index (χ3n) is 4.41. The molecular formula is C13H22N2O4. The number of carbonyl (C=O) groups excluding carboxylic acids is 1. The molecule has 0 saturated carbocycles. The summed E-state index contributed by atoms with van der Waals surface area (Å²) < 4.78 is 0. The van der Waals surface area contributed by atoms with Gasteiger partial charge in [-0.2, -0.15) is 0 Å². The summed E-state index contributed by atoms with van der Waals surface area (Å²) in [6.07, 6.45) is 2.20. The molecule has 2 aliphatic rings. The lowest BCUT2D eigenvalue weighted by Crippen LogP contribution is -2.45. The standard InChI is InChI=1S/C13H22N2O4/c1-9-11(12(17)18)3-6-15(9)13(19)14-5-2-10(8-14)4-7-16/h9-11,16H,2-8H2,1H3,(H,17,18). The molecule has 0 aliphatic carbocycles. The minimum Gasteiger partial charge on any atom is -0.481 e. The van der Waals surface area contributed by atoms with Crippen molar-refractivity contribution in [1.82, 2.24) is 9.80 Å². The largest absolute Gasteiger partial charge is 0.481 e. The van der Waals surface area contributed by atoms with E-state index in [0.29, 0.717) is 32.0 Å². The van der Waals surface area contributed by atoms with Crippen LogP contribution in [0.3, 0.4) is 0 Å². The summed E-state index contributed by atoms with van der Waals surface area (Å²) in [5.41, 5.74) is 0. The molecule has 2 fully saturated rings. The minimum atomic E-state index is -0.817. The van der Waals surface area contributed by atoms with E-state index in [2.05, 4.69) is 0 Å². The Morgan fingerprint density at radius 2 is 2.00 bits per heavy atom. The first-order valence-electron chi connectivity index (χ1n) is 6.93. The lowest BCUT2D eigenvalue weighted by molar-refractivity contribution is -0.142. The zero-order valence-electron chi connectivity index (χ0n) is 11.3. The molecule has 0 bridgehead atoms. The van der Waals surface area contributed by atoms with E-state index in [-0.39, 0.29) is 18.7 Å². The number of carboxylic acids is 1. The first kappa shape index (κ1) is 14.1. The molecule has 6 nitrogen and oxygen atoms in total. The van der Waals surface area contributed by atoms with Crippen LogP contribution in [-0.4, -0.2) is 64.3 Å². The highest BCUT2D eigenvalue weighted by atomic mass is 16.4. The molecular weight excluding hydrogens is 248 g/mol. The number of carbonyl (C=O) groups is 2. The number of amides is 2. The van der Waals surface area contributed by atoms with Gasteiger partial charge in [0.25, 0.3) is 0 Å². The SMILES string of the molecule is CC1C(C(=O)O)CCN1C(=O)N1CCC(CCO)C1. The predicted octanol–water partition coefficient (Wildman–Crippen LogP) is 0.606. The molecule has 19 heavy (non-hydrogen) atoms. The van der Waals surface area contributed by atoms with E-state index in [0.717, 1.165) is 12.8 Å². The van der Waals surface area contributed by atoms with Crippen LogP contribution in [0.4, 0.5) is 4.79 Å². The maximum atomic E-state index is 12.4. The van der Waals surface area contributed by atoms with Crippen LogP contribution in [0, 0.1) is 11.8 Å². The zero-order valence-corrected chi connectivity index (χ0v) is 11.3. The predicted molar refractivity (Wildman–Crippen MR) is 68.7 cm³/mol. The second kappa shape index (κ2) is 5.77. The Balaban J connectivity index is 1.92. The average Bonchev–Trinajstić information content (AvgIpc) is 2.95. The first-order valence-corrected chi connectivity index (χ1v) is 6.93. The molecule has 3 atom stereocenters. The summed E-state index contributed by atoms with van der Waals surface area (Å²) in [6, 6.07) is -0.279. The molecule has 0 aromatic rings. The Bertz CT molecular complexity index is 361. The highest BCUT2D eigenvalue weighted by molar-refractivity contribution is 5.78. The Labute approximate surface area is 113 Å². The van der Waals surface area contributed by atoms with Gasteiger partial charge in [-0.05, 0) is 32.1 Å². The normalized spacial score (nSPS) is 30.9. The number of rotatable bonds is 3. The van der Waals surface area contributed by atoms with Gasteiger partial charge in [-0.1, -0.05) is 0 Å². The molecule has 3 unspecified atom stereocenters. The van der Waals surface area contributed by atoms with Gasteiger partial charge in [0.1, 0.15) is 0 Å². The topological polar surface area (TPSA) is 81.1 Å². The zero-order chi connectivity index (χ0) is 14.0. The van der Waals surface area contributed by atoms with Crippen molar-refractivity contribution in [1.29, 1.82) is 0 Å². The monoisotopic (exact) mass is 270 g/mol. The Kier molecular flexibility index (Phi) is 4.29. The summed E-state index contributed by atoms with van der Waals surface area (Å²) in [4.78, 5) is 26.9. The number of carboxylic acid groups (broad SMARTS) is 1. The number of hydrogen-bond acceptors (Lipinski definition) is 3. The second-order valence-corrected chi connectivity index (χ2v) is 5.56. The Morgan fingerprint density at radius 3 is 2.58 bits per heavy atom. The number of aliphatic carboxylic acids is 1. The Hall–Kier alpha value is -1.30. The highest BCUT2D eigenvalue weighted by Gasteiger charge is 2.40. The van der Waals surface area contributed by atoms with E-state index in [1.807, 2.05) is 6.92 Å². The fourth-order valence-electron chi connectivity index (χ4n) is 3.15. The summed E-state index contributed by atoms with van der Waals surface area (Å²) in [5.74, 6) is -0.885. The lowest BCUT2D eigenvalue weighted by atomic mass is 10.0. The molecule has 0 aromatic heterocycles. The van der Waals surface area contributed by atoms with Crippen molar-refractivity contribution in [2.75, 3.05) is 26.2 Å². The van der Waals surface area contributed by atoms with E-state index >= 15 is 0 Å². The van der Waals surface area contributed by atoms with E-state index in [4.69, 9.17) is 10.2 Å². The summed E-state index contributed by atoms with van der Waals surface area (Å²) in [6.45, 7) is 3.89. The van der Waals surface area contributed by atoms with Gasteiger partial charge in [0.05, 0.1) is 5.92 Å². The molecule has 0 aromatic carbocycles. The van der Waals surface area contributed by atoms with Crippen LogP contribution in [0.2, 0.25) is 0 Å². The van der Waals surface area contributed by atoms with Crippen molar-refractivity contribution < 1.29 is 19.8 Å². The average molecular weight is 270 g/mol. The fourth-order valence-corrected chi connectivity index (χ4v) is 3.15. The number of urea groups is 1. The fraction of sp³-hybridized carbons (Fsp3) is 0.846. The lowest BCUT2D eigenvalue weighted by Gasteiger charge is -2.28. The van der Waals surface area contributed by atoms with Crippen molar-refractivity contribution in [3.63, 3.8) is 0 Å². The van der Waals surface area contributed by atoms with E-state index in [1.54, 1.807) is 9.80 Å². The molecule has 6 heteroatoms. The molecule has 2 N–H and O–H groups in total. The number of aliphatic hydroxyl groups is 1. The molecule has 2 rings (SSSR count). The van der Waals surface area contributed by atoms with Crippen LogP contribution in [0.25, 0.3) is 0 Å². The van der Waals surface area contributed by atoms with Crippen molar-refractivity contribution in [2.24, 2.45) is 11.8 Å². The molecule has 108 valence electrons. The quantitative estimate of drug-likeness (QED) is 0.787. The van der Waals surface area contributed by atoms with Crippen LogP contribution < -0.4 is 0 Å². The minimum absolute atomic E-state index is 0.0447. The number of hydrogen-bond donors (Lipinski definition) is 2. The van der Waals surface area contributed by atoms with Crippen molar-refractivity contribution >= 4 is 12.0 Å². The summed E-state index contributed by atoms with van der Waals surface area (Å²) in [7, 11) is 0. The third kappa shape index (κ3) is 2.83. The van der Waals surface area contributed by atoms with E-state index < -0.39 is 11.9 Å². The molecule has 2 heterocycles. The molecule has 0 radical (unpaired) electrons. The van der Waals surface area contributed by atoms with Crippen molar-refractivity contribution in [3.05, 3.63) is 0 Å². The third-order valence-corrected chi connectivity index (χ3v) is 4.41. The van der Waals surface area contributed by atoms with Gasteiger partial charge in [0.15, 0.2) is 0 Å². The maximum absolute atomic E-state index is 12.4. The number of aliphatic hydroxyl groups excluding tert-OH is 1. The molecule has 2 amide bonds. The number of nitrogens with zero attached hydrogens (tertiary/aromatic N) is 2. The van der Waals surface area contributed by atoms with Crippen LogP contribution in [0.15, 0.2) is 0 Å². The van der Waals surface area contributed by atoms with Gasteiger partial charge in [0, 0.05) is 32.3 Å². The van der Waals surface area contributed by atoms with Gasteiger partial charge in [-0.15, -0.1) is 0 Å². The van der Waals surface area contributed by atoms with Gasteiger partial charge in [0.2, 0.25) is 0 Å². The van der Waals surface area contributed by atoms with Crippen LogP contribution in [-0.2, 0) is 4.79 Å². The van der Waals surface area contributed by atoms with E-state index in [9.17, 15) is 9.59 Å². The van der Waals surface area contributed by atoms with Gasteiger partial charge in [-0.25, -0.2) is 4.79 Å². The van der Waals surface area contributed by atoms with Crippen LogP contribution >= 0.6 is 0 Å². The first-order chi connectivity index (χ1) is 9.04. The second-order valence-electron chi connectivity index (χ2n) is 5.56. The molecule has 0 spiro atoms. The van der Waals surface area contributed by atoms with Gasteiger partial charge >= 0.3 is 12.0 Å². The summed E-state index contributed by atoms with van der Waals surface area (Å²) >= 11 is 0.